The normalized spacial score (nSPS) is 10.7. The molecule has 118 valence electrons. The number of carbonyl (C=O) groups is 2. The second-order valence-corrected chi connectivity index (χ2v) is 5.51. The fourth-order valence-corrected chi connectivity index (χ4v) is 2.56. The standard InChI is InChI=1S/C17H15NO4S/c1-12(19)22-11-23-16-5-3-2-4-13(16)6-8-15-9-7-14(10-18-15)17(20)21/h2-10H,11H2,1H3,(H,20,21). The molecule has 2 rings (SSSR count). The van der Waals surface area contributed by atoms with Crippen LogP contribution in [0, 0.1) is 0 Å². The number of esters is 1. The van der Waals surface area contributed by atoms with E-state index in [0.717, 1.165) is 10.5 Å². The minimum absolute atomic E-state index is 0.152. The summed E-state index contributed by atoms with van der Waals surface area (Å²) in [7, 11) is 0. The van der Waals surface area contributed by atoms with Gasteiger partial charge in [0.2, 0.25) is 0 Å². The number of pyridine rings is 1. The molecule has 1 N–H and O–H groups in total. The van der Waals surface area contributed by atoms with Crippen LogP contribution in [0.3, 0.4) is 0 Å². The molecule has 0 fully saturated rings. The van der Waals surface area contributed by atoms with Crippen molar-refractivity contribution in [2.75, 3.05) is 5.94 Å². The van der Waals surface area contributed by atoms with E-state index in [2.05, 4.69) is 4.98 Å². The lowest BCUT2D eigenvalue weighted by atomic mass is 10.2. The summed E-state index contributed by atoms with van der Waals surface area (Å²) in [6.07, 6.45) is 5.01. The largest absolute Gasteiger partial charge is 0.478 e. The Bertz CT molecular complexity index is 726. The summed E-state index contributed by atoms with van der Waals surface area (Å²) in [5.74, 6) is -1.06. The van der Waals surface area contributed by atoms with Crippen LogP contribution in [-0.2, 0) is 9.53 Å². The van der Waals surface area contributed by atoms with E-state index in [-0.39, 0.29) is 17.5 Å². The van der Waals surface area contributed by atoms with Gasteiger partial charge in [-0.25, -0.2) is 4.79 Å². The highest BCUT2D eigenvalue weighted by atomic mass is 32.2. The van der Waals surface area contributed by atoms with Gasteiger partial charge in [0.25, 0.3) is 0 Å². The lowest BCUT2D eigenvalue weighted by Crippen LogP contribution is -1.97. The molecule has 0 saturated heterocycles. The Morgan fingerprint density at radius 2 is 2.00 bits per heavy atom. The van der Waals surface area contributed by atoms with Crippen molar-refractivity contribution in [1.29, 1.82) is 0 Å². The van der Waals surface area contributed by atoms with Gasteiger partial charge in [-0.15, -0.1) is 0 Å². The SMILES string of the molecule is CC(=O)OCSc1ccccc1C=Cc1ccc(C(=O)O)cn1. The van der Waals surface area contributed by atoms with E-state index >= 15 is 0 Å². The summed E-state index contributed by atoms with van der Waals surface area (Å²) >= 11 is 1.42. The summed E-state index contributed by atoms with van der Waals surface area (Å²) in [4.78, 5) is 26.7. The van der Waals surface area contributed by atoms with Gasteiger partial charge in [-0.3, -0.25) is 9.78 Å². The summed E-state index contributed by atoms with van der Waals surface area (Å²) in [6, 6.07) is 10.9. The number of hydrogen-bond acceptors (Lipinski definition) is 5. The van der Waals surface area contributed by atoms with Gasteiger partial charge in [0.15, 0.2) is 0 Å². The molecule has 5 nitrogen and oxygen atoms in total. The van der Waals surface area contributed by atoms with E-state index in [4.69, 9.17) is 9.84 Å². The van der Waals surface area contributed by atoms with Crippen LogP contribution in [-0.4, -0.2) is 28.0 Å². The van der Waals surface area contributed by atoms with Gasteiger partial charge in [0, 0.05) is 18.0 Å². The van der Waals surface area contributed by atoms with Crippen molar-refractivity contribution in [2.24, 2.45) is 0 Å². The van der Waals surface area contributed by atoms with Crippen LogP contribution < -0.4 is 0 Å². The van der Waals surface area contributed by atoms with Gasteiger partial charge in [-0.2, -0.15) is 0 Å². The smallest absolute Gasteiger partial charge is 0.337 e. The van der Waals surface area contributed by atoms with Crippen molar-refractivity contribution in [3.05, 3.63) is 59.4 Å². The summed E-state index contributed by atoms with van der Waals surface area (Å²) in [6.45, 7) is 1.37. The lowest BCUT2D eigenvalue weighted by molar-refractivity contribution is -0.138. The molecule has 0 radical (unpaired) electrons. The molecule has 0 unspecified atom stereocenters. The van der Waals surface area contributed by atoms with Crippen LogP contribution in [0.1, 0.15) is 28.5 Å². The van der Waals surface area contributed by atoms with Crippen LogP contribution in [0.4, 0.5) is 0 Å². The van der Waals surface area contributed by atoms with Crippen molar-refractivity contribution in [2.45, 2.75) is 11.8 Å². The van der Waals surface area contributed by atoms with Gasteiger partial charge in [0.05, 0.1) is 11.3 Å². The zero-order valence-electron chi connectivity index (χ0n) is 12.4. The molecule has 6 heteroatoms. The molecule has 0 aliphatic heterocycles. The number of thioether (sulfide) groups is 1. The molecular formula is C17H15NO4S. The molecule has 2 aromatic rings. The van der Waals surface area contributed by atoms with Gasteiger partial charge in [0.1, 0.15) is 5.94 Å². The Balaban J connectivity index is 2.09. The molecular weight excluding hydrogens is 314 g/mol. The fraction of sp³-hybridized carbons (Fsp3) is 0.118. The fourth-order valence-electron chi connectivity index (χ4n) is 1.73. The number of carboxylic acid groups (broad SMARTS) is 1. The number of hydrogen-bond donors (Lipinski definition) is 1. The van der Waals surface area contributed by atoms with E-state index in [9.17, 15) is 9.59 Å². The maximum absolute atomic E-state index is 10.8. The van der Waals surface area contributed by atoms with Crippen LogP contribution in [0.25, 0.3) is 12.2 Å². The number of ether oxygens (including phenoxy) is 1. The summed E-state index contributed by atoms with van der Waals surface area (Å²) in [5.41, 5.74) is 1.78. The number of carbonyl (C=O) groups excluding carboxylic acids is 1. The zero-order chi connectivity index (χ0) is 16.7. The number of rotatable bonds is 6. The van der Waals surface area contributed by atoms with Crippen molar-refractivity contribution < 1.29 is 19.4 Å². The third-order valence-electron chi connectivity index (χ3n) is 2.86. The van der Waals surface area contributed by atoms with Gasteiger partial charge < -0.3 is 9.84 Å². The van der Waals surface area contributed by atoms with Crippen LogP contribution >= 0.6 is 11.8 Å². The molecule has 23 heavy (non-hydrogen) atoms. The first-order valence-electron chi connectivity index (χ1n) is 6.79. The Kier molecular flexibility index (Phi) is 5.94. The third kappa shape index (κ3) is 5.27. The maximum Gasteiger partial charge on any atom is 0.337 e. The monoisotopic (exact) mass is 329 g/mol. The Labute approximate surface area is 138 Å². The number of benzene rings is 1. The average molecular weight is 329 g/mol. The second-order valence-electron chi connectivity index (χ2n) is 4.55. The van der Waals surface area contributed by atoms with Crippen molar-refractivity contribution >= 4 is 35.9 Å². The first kappa shape index (κ1) is 16.8. The lowest BCUT2D eigenvalue weighted by Gasteiger charge is -2.05. The Morgan fingerprint density at radius 1 is 1.22 bits per heavy atom. The molecule has 0 aliphatic rings. The minimum atomic E-state index is -1.000. The number of aromatic nitrogens is 1. The Hall–Kier alpha value is -2.60. The van der Waals surface area contributed by atoms with Gasteiger partial charge in [-0.05, 0) is 29.8 Å². The quantitative estimate of drug-likeness (QED) is 0.496. The predicted molar refractivity (Wildman–Crippen MR) is 89.1 cm³/mol. The Morgan fingerprint density at radius 3 is 2.65 bits per heavy atom. The zero-order valence-corrected chi connectivity index (χ0v) is 13.2. The average Bonchev–Trinajstić information content (AvgIpc) is 2.54. The second kappa shape index (κ2) is 8.14. The van der Waals surface area contributed by atoms with E-state index in [0.29, 0.717) is 5.69 Å². The molecule has 0 atom stereocenters. The molecule has 0 amide bonds. The van der Waals surface area contributed by atoms with Crippen LogP contribution in [0.2, 0.25) is 0 Å². The molecule has 1 heterocycles. The molecule has 1 aromatic carbocycles. The topological polar surface area (TPSA) is 76.5 Å². The molecule has 0 saturated carbocycles. The van der Waals surface area contributed by atoms with E-state index in [1.165, 1.54) is 30.9 Å². The molecule has 1 aromatic heterocycles. The number of aromatic carboxylic acids is 1. The van der Waals surface area contributed by atoms with Crippen molar-refractivity contribution in [3.8, 4) is 0 Å². The van der Waals surface area contributed by atoms with E-state index in [1.807, 2.05) is 30.3 Å². The summed E-state index contributed by atoms with van der Waals surface area (Å²) in [5, 5.41) is 8.84. The third-order valence-corrected chi connectivity index (χ3v) is 3.78. The highest BCUT2D eigenvalue weighted by Crippen LogP contribution is 2.24. The molecule has 0 aliphatic carbocycles. The number of nitrogens with zero attached hydrogens (tertiary/aromatic N) is 1. The highest BCUT2D eigenvalue weighted by molar-refractivity contribution is 7.99. The predicted octanol–water partition coefficient (Wildman–Crippen LogP) is 3.56. The van der Waals surface area contributed by atoms with Crippen molar-refractivity contribution in [1.82, 2.24) is 4.98 Å². The minimum Gasteiger partial charge on any atom is -0.478 e. The number of carboxylic acids is 1. The molecule has 0 bridgehead atoms. The van der Waals surface area contributed by atoms with Crippen molar-refractivity contribution in [3.63, 3.8) is 0 Å². The first-order valence-corrected chi connectivity index (χ1v) is 7.77. The van der Waals surface area contributed by atoms with E-state index in [1.54, 1.807) is 12.1 Å². The van der Waals surface area contributed by atoms with Gasteiger partial charge >= 0.3 is 11.9 Å². The van der Waals surface area contributed by atoms with Crippen LogP contribution in [0.5, 0.6) is 0 Å². The highest BCUT2D eigenvalue weighted by Gasteiger charge is 2.03. The molecule has 0 spiro atoms. The maximum atomic E-state index is 10.8. The summed E-state index contributed by atoms with van der Waals surface area (Å²) < 4.78 is 4.93. The first-order chi connectivity index (χ1) is 11.1. The van der Waals surface area contributed by atoms with Gasteiger partial charge in [-0.1, -0.05) is 36.0 Å². The van der Waals surface area contributed by atoms with Crippen LogP contribution in [0.15, 0.2) is 47.5 Å². The van der Waals surface area contributed by atoms with E-state index < -0.39 is 5.97 Å².